The molecule has 1 aliphatic heterocycles. The molecule has 1 N–H and O–H groups in total. The van der Waals surface area contributed by atoms with Crippen LogP contribution in [0.15, 0.2) is 23.3 Å². The van der Waals surface area contributed by atoms with E-state index in [9.17, 15) is 4.79 Å². The molecule has 1 amide bonds. The number of carbonyl (C=O) groups is 1. The third kappa shape index (κ3) is 3.61. The predicted octanol–water partition coefficient (Wildman–Crippen LogP) is 2.08. The number of nitrogens with zero attached hydrogens (tertiary/aromatic N) is 1. The summed E-state index contributed by atoms with van der Waals surface area (Å²) in [6, 6.07) is 5.86. The zero-order valence-corrected chi connectivity index (χ0v) is 10.9. The first-order valence-electron chi connectivity index (χ1n) is 5.94. The Balaban J connectivity index is 1.86. The Kier molecular flexibility index (Phi) is 4.22. The van der Waals surface area contributed by atoms with Crippen LogP contribution in [-0.4, -0.2) is 25.7 Å². The van der Waals surface area contributed by atoms with Crippen LogP contribution in [0.1, 0.15) is 18.9 Å². The fourth-order valence-corrected chi connectivity index (χ4v) is 1.66. The smallest absolute Gasteiger partial charge is 0.427 e. The Bertz CT molecular complexity index is 499. The largest absolute Gasteiger partial charge is 0.454 e. The van der Waals surface area contributed by atoms with Crippen molar-refractivity contribution in [3.05, 3.63) is 23.8 Å². The topological polar surface area (TPSA) is 69.2 Å². The number of benzene rings is 1. The van der Waals surface area contributed by atoms with Crippen molar-refractivity contribution in [2.75, 3.05) is 13.9 Å². The Labute approximate surface area is 111 Å². The van der Waals surface area contributed by atoms with Crippen LogP contribution in [-0.2, 0) is 11.2 Å². The Morgan fingerprint density at radius 1 is 1.42 bits per heavy atom. The highest BCUT2D eigenvalue weighted by Gasteiger charge is 2.12. The van der Waals surface area contributed by atoms with E-state index in [1.807, 2.05) is 25.1 Å². The molecule has 1 aromatic rings. The quantitative estimate of drug-likeness (QED) is 0.667. The maximum atomic E-state index is 10.8. The van der Waals surface area contributed by atoms with E-state index in [1.54, 1.807) is 0 Å². The van der Waals surface area contributed by atoms with E-state index in [0.717, 1.165) is 35.6 Å². The number of rotatable bonds is 4. The molecule has 6 nitrogen and oxygen atoms in total. The molecule has 0 fully saturated rings. The molecule has 19 heavy (non-hydrogen) atoms. The van der Waals surface area contributed by atoms with Crippen LogP contribution in [0.4, 0.5) is 4.79 Å². The van der Waals surface area contributed by atoms with E-state index < -0.39 is 6.09 Å². The van der Waals surface area contributed by atoms with Gasteiger partial charge < -0.3 is 14.2 Å². The normalized spacial score (nSPS) is 13.3. The van der Waals surface area contributed by atoms with Gasteiger partial charge in [0.25, 0.3) is 0 Å². The first kappa shape index (κ1) is 13.2. The lowest BCUT2D eigenvalue weighted by Crippen LogP contribution is -2.18. The van der Waals surface area contributed by atoms with E-state index in [2.05, 4.69) is 15.3 Å². The van der Waals surface area contributed by atoms with Gasteiger partial charge in [-0.1, -0.05) is 6.07 Å². The Morgan fingerprint density at radius 2 is 2.21 bits per heavy atom. The minimum absolute atomic E-state index is 0.280. The van der Waals surface area contributed by atoms with Crippen molar-refractivity contribution < 1.29 is 19.0 Å². The molecular formula is C13H16N2O4. The van der Waals surface area contributed by atoms with Crippen LogP contribution in [0.25, 0.3) is 0 Å². The summed E-state index contributed by atoms with van der Waals surface area (Å²) in [7, 11) is 1.30. The molecule has 0 spiro atoms. The molecule has 6 heteroatoms. The van der Waals surface area contributed by atoms with Gasteiger partial charge in [0.05, 0.1) is 7.11 Å². The molecule has 0 atom stereocenters. The lowest BCUT2D eigenvalue weighted by Gasteiger charge is -2.04. The molecule has 1 aliphatic rings. The zero-order valence-electron chi connectivity index (χ0n) is 10.9. The third-order valence-corrected chi connectivity index (χ3v) is 2.74. The Morgan fingerprint density at radius 3 is 3.00 bits per heavy atom. The molecule has 0 radical (unpaired) electrons. The minimum atomic E-state index is -0.567. The monoisotopic (exact) mass is 264 g/mol. The van der Waals surface area contributed by atoms with Gasteiger partial charge in [-0.3, -0.25) is 0 Å². The fraction of sp³-hybridized carbons (Fsp3) is 0.385. The second-order valence-electron chi connectivity index (χ2n) is 4.14. The SMILES string of the molecule is COC(=O)N/N=C(\C)CCc1ccc2c(c1)OCO2. The van der Waals surface area contributed by atoms with Crippen molar-refractivity contribution in [2.24, 2.45) is 5.10 Å². The van der Waals surface area contributed by atoms with E-state index >= 15 is 0 Å². The van der Waals surface area contributed by atoms with Crippen LogP contribution < -0.4 is 14.9 Å². The van der Waals surface area contributed by atoms with Crippen LogP contribution in [0.3, 0.4) is 0 Å². The maximum Gasteiger partial charge on any atom is 0.427 e. The van der Waals surface area contributed by atoms with Crippen molar-refractivity contribution in [3.8, 4) is 11.5 Å². The molecule has 0 aromatic heterocycles. The summed E-state index contributed by atoms with van der Waals surface area (Å²) in [6.45, 7) is 2.13. The molecule has 0 bridgehead atoms. The molecule has 0 saturated carbocycles. The van der Waals surface area contributed by atoms with E-state index in [1.165, 1.54) is 7.11 Å². The lowest BCUT2D eigenvalue weighted by atomic mass is 10.1. The summed E-state index contributed by atoms with van der Waals surface area (Å²) >= 11 is 0. The first-order valence-corrected chi connectivity index (χ1v) is 5.94. The molecule has 1 heterocycles. The van der Waals surface area contributed by atoms with Crippen molar-refractivity contribution in [2.45, 2.75) is 19.8 Å². The first-order chi connectivity index (χ1) is 9.19. The number of hydrazone groups is 1. The van der Waals surface area contributed by atoms with Crippen molar-refractivity contribution >= 4 is 11.8 Å². The van der Waals surface area contributed by atoms with E-state index in [0.29, 0.717) is 0 Å². The van der Waals surface area contributed by atoms with Crippen LogP contribution in [0, 0.1) is 0 Å². The molecule has 102 valence electrons. The number of hydrogen-bond acceptors (Lipinski definition) is 5. The highest BCUT2D eigenvalue weighted by atomic mass is 16.7. The summed E-state index contributed by atoms with van der Waals surface area (Å²) < 4.78 is 15.0. The third-order valence-electron chi connectivity index (χ3n) is 2.74. The molecular weight excluding hydrogens is 248 g/mol. The summed E-state index contributed by atoms with van der Waals surface area (Å²) in [5, 5.41) is 3.92. The van der Waals surface area contributed by atoms with Gasteiger partial charge in [0.1, 0.15) is 0 Å². The fourth-order valence-electron chi connectivity index (χ4n) is 1.66. The van der Waals surface area contributed by atoms with Crippen LogP contribution in [0.5, 0.6) is 11.5 Å². The highest BCUT2D eigenvalue weighted by molar-refractivity contribution is 5.83. The average molecular weight is 264 g/mol. The molecule has 0 unspecified atom stereocenters. The molecule has 0 aliphatic carbocycles. The van der Waals surface area contributed by atoms with Gasteiger partial charge in [0.15, 0.2) is 11.5 Å². The lowest BCUT2D eigenvalue weighted by molar-refractivity contribution is 0.171. The van der Waals surface area contributed by atoms with Gasteiger partial charge >= 0.3 is 6.09 Å². The average Bonchev–Trinajstić information content (AvgIpc) is 2.89. The number of aryl methyl sites for hydroxylation is 1. The number of methoxy groups -OCH3 is 1. The van der Waals surface area contributed by atoms with Gasteiger partial charge in [-0.05, 0) is 37.5 Å². The number of ether oxygens (including phenoxy) is 3. The zero-order chi connectivity index (χ0) is 13.7. The van der Waals surface area contributed by atoms with Gasteiger partial charge in [0, 0.05) is 5.71 Å². The van der Waals surface area contributed by atoms with Crippen molar-refractivity contribution in [3.63, 3.8) is 0 Å². The van der Waals surface area contributed by atoms with Gasteiger partial charge in [-0.25, -0.2) is 10.2 Å². The Hall–Kier alpha value is -2.24. The van der Waals surface area contributed by atoms with Crippen LogP contribution >= 0.6 is 0 Å². The van der Waals surface area contributed by atoms with Crippen molar-refractivity contribution in [1.29, 1.82) is 0 Å². The highest BCUT2D eigenvalue weighted by Crippen LogP contribution is 2.32. The molecule has 1 aromatic carbocycles. The molecule has 0 saturated heterocycles. The van der Waals surface area contributed by atoms with E-state index in [-0.39, 0.29) is 6.79 Å². The van der Waals surface area contributed by atoms with Crippen LogP contribution in [0.2, 0.25) is 0 Å². The molecule has 2 rings (SSSR count). The van der Waals surface area contributed by atoms with Crippen molar-refractivity contribution in [1.82, 2.24) is 5.43 Å². The van der Waals surface area contributed by atoms with E-state index in [4.69, 9.17) is 9.47 Å². The van der Waals surface area contributed by atoms with Gasteiger partial charge in [-0.2, -0.15) is 5.10 Å². The second kappa shape index (κ2) is 6.08. The summed E-state index contributed by atoms with van der Waals surface area (Å²) in [6.07, 6.45) is 0.987. The minimum Gasteiger partial charge on any atom is -0.454 e. The summed E-state index contributed by atoms with van der Waals surface area (Å²) in [4.78, 5) is 10.8. The maximum absolute atomic E-state index is 10.8. The number of fused-ring (bicyclic) bond motifs is 1. The summed E-state index contributed by atoms with van der Waals surface area (Å²) in [5.74, 6) is 1.56. The number of nitrogens with one attached hydrogen (secondary N) is 1. The number of hydrogen-bond donors (Lipinski definition) is 1. The number of amides is 1. The summed E-state index contributed by atoms with van der Waals surface area (Å²) in [5.41, 5.74) is 4.25. The van der Waals surface area contributed by atoms with Gasteiger partial charge in [0.2, 0.25) is 6.79 Å². The predicted molar refractivity (Wildman–Crippen MR) is 69.5 cm³/mol. The van der Waals surface area contributed by atoms with Gasteiger partial charge in [-0.15, -0.1) is 0 Å². The second-order valence-corrected chi connectivity index (χ2v) is 4.14. The number of carbonyl (C=O) groups excluding carboxylic acids is 1. The standard InChI is InChI=1S/C13H16N2O4/c1-9(14-15-13(16)17-2)3-4-10-5-6-11-12(7-10)19-8-18-11/h5-7H,3-4,8H2,1-2H3,(H,15,16)/b14-9+.